The fourth-order valence-corrected chi connectivity index (χ4v) is 1.90. The first-order chi connectivity index (χ1) is 9.20. The van der Waals surface area contributed by atoms with Gasteiger partial charge in [0.2, 0.25) is 0 Å². The van der Waals surface area contributed by atoms with E-state index in [1.807, 2.05) is 49.4 Å². The minimum atomic E-state index is 0.169. The summed E-state index contributed by atoms with van der Waals surface area (Å²) < 4.78 is 5.74. The van der Waals surface area contributed by atoms with Gasteiger partial charge in [-0.15, -0.1) is 0 Å². The number of ether oxygens (including phenoxy) is 1. The third-order valence-corrected chi connectivity index (χ3v) is 3.21. The molecular formula is C16H19NO2. The molecule has 0 unspecified atom stereocenters. The molecule has 0 saturated heterocycles. The predicted molar refractivity (Wildman–Crippen MR) is 77.2 cm³/mol. The Bertz CT molecular complexity index is 535. The van der Waals surface area contributed by atoms with Gasteiger partial charge in [-0.3, -0.25) is 0 Å². The first kappa shape index (κ1) is 13.4. The minimum Gasteiger partial charge on any atom is -0.489 e. The van der Waals surface area contributed by atoms with Crippen molar-refractivity contribution in [1.29, 1.82) is 0 Å². The van der Waals surface area contributed by atoms with Crippen molar-refractivity contribution in [3.63, 3.8) is 0 Å². The van der Waals surface area contributed by atoms with Crippen LogP contribution >= 0.6 is 0 Å². The zero-order chi connectivity index (χ0) is 13.7. The van der Waals surface area contributed by atoms with Crippen molar-refractivity contribution in [2.45, 2.75) is 20.0 Å². The monoisotopic (exact) mass is 257 g/mol. The Hall–Kier alpha value is -2.00. The molecule has 0 amide bonds. The van der Waals surface area contributed by atoms with Crippen LogP contribution in [0.15, 0.2) is 42.5 Å². The summed E-state index contributed by atoms with van der Waals surface area (Å²) in [5.74, 6) is 0.823. The zero-order valence-electron chi connectivity index (χ0n) is 11.1. The van der Waals surface area contributed by atoms with Crippen LogP contribution in [0.5, 0.6) is 5.75 Å². The minimum absolute atomic E-state index is 0.169. The van der Waals surface area contributed by atoms with Gasteiger partial charge in [0.15, 0.2) is 0 Å². The van der Waals surface area contributed by atoms with Crippen LogP contribution in [-0.4, -0.2) is 11.7 Å². The topological polar surface area (TPSA) is 55.5 Å². The summed E-state index contributed by atoms with van der Waals surface area (Å²) >= 11 is 0. The predicted octanol–water partition coefficient (Wildman–Crippen LogP) is 2.69. The summed E-state index contributed by atoms with van der Waals surface area (Å²) in [7, 11) is 0. The smallest absolute Gasteiger partial charge is 0.119 e. The molecule has 0 aliphatic carbocycles. The summed E-state index contributed by atoms with van der Waals surface area (Å²) in [5, 5.41) is 8.85. The van der Waals surface area contributed by atoms with E-state index in [1.165, 1.54) is 0 Å². The van der Waals surface area contributed by atoms with Crippen LogP contribution in [0.1, 0.15) is 16.7 Å². The van der Waals surface area contributed by atoms with Crippen molar-refractivity contribution in [3.8, 4) is 5.75 Å². The van der Waals surface area contributed by atoms with Crippen molar-refractivity contribution in [2.75, 3.05) is 12.3 Å². The molecule has 0 fully saturated rings. The van der Waals surface area contributed by atoms with E-state index in [1.54, 1.807) is 0 Å². The fraction of sp³-hybridized carbons (Fsp3) is 0.250. The Morgan fingerprint density at radius 1 is 1.11 bits per heavy atom. The molecule has 0 bridgehead atoms. The molecule has 3 heteroatoms. The Labute approximate surface area is 113 Å². The van der Waals surface area contributed by atoms with E-state index in [0.29, 0.717) is 13.0 Å². The van der Waals surface area contributed by atoms with E-state index in [-0.39, 0.29) is 6.61 Å². The van der Waals surface area contributed by atoms with E-state index < -0.39 is 0 Å². The molecule has 2 aromatic carbocycles. The maximum Gasteiger partial charge on any atom is 0.119 e. The molecule has 0 atom stereocenters. The van der Waals surface area contributed by atoms with E-state index in [4.69, 9.17) is 15.6 Å². The second-order valence-electron chi connectivity index (χ2n) is 4.54. The summed E-state index contributed by atoms with van der Waals surface area (Å²) in [6.07, 6.45) is 0.675. The zero-order valence-corrected chi connectivity index (χ0v) is 11.1. The first-order valence-corrected chi connectivity index (χ1v) is 6.37. The highest BCUT2D eigenvalue weighted by Crippen LogP contribution is 2.19. The third-order valence-electron chi connectivity index (χ3n) is 3.21. The molecule has 0 spiro atoms. The largest absolute Gasteiger partial charge is 0.489 e. The Kier molecular flexibility index (Phi) is 4.42. The van der Waals surface area contributed by atoms with Gasteiger partial charge in [-0.05, 0) is 48.2 Å². The van der Waals surface area contributed by atoms with E-state index in [2.05, 4.69) is 0 Å². The molecule has 3 nitrogen and oxygen atoms in total. The Balaban J connectivity index is 2.00. The molecule has 100 valence electrons. The lowest BCUT2D eigenvalue weighted by Gasteiger charge is -2.10. The van der Waals surface area contributed by atoms with Gasteiger partial charge in [0, 0.05) is 12.3 Å². The van der Waals surface area contributed by atoms with Crippen molar-refractivity contribution in [1.82, 2.24) is 0 Å². The molecule has 0 aliphatic heterocycles. The molecule has 0 aromatic heterocycles. The number of benzene rings is 2. The normalized spacial score (nSPS) is 10.4. The summed E-state index contributed by atoms with van der Waals surface area (Å²) in [5.41, 5.74) is 9.93. The van der Waals surface area contributed by atoms with Gasteiger partial charge in [-0.1, -0.05) is 24.3 Å². The van der Waals surface area contributed by atoms with Crippen LogP contribution in [0.2, 0.25) is 0 Å². The van der Waals surface area contributed by atoms with Gasteiger partial charge >= 0.3 is 0 Å². The average Bonchev–Trinajstić information content (AvgIpc) is 2.42. The van der Waals surface area contributed by atoms with Crippen LogP contribution in [0, 0.1) is 6.92 Å². The lowest BCUT2D eigenvalue weighted by Crippen LogP contribution is -2.00. The van der Waals surface area contributed by atoms with Crippen molar-refractivity contribution >= 4 is 5.69 Å². The quantitative estimate of drug-likeness (QED) is 0.810. The Morgan fingerprint density at radius 2 is 1.84 bits per heavy atom. The fourth-order valence-electron chi connectivity index (χ4n) is 1.90. The molecule has 0 saturated carbocycles. The maximum atomic E-state index is 8.85. The van der Waals surface area contributed by atoms with E-state index >= 15 is 0 Å². The number of nitrogen functional groups attached to an aromatic ring is 1. The summed E-state index contributed by atoms with van der Waals surface area (Å²) in [4.78, 5) is 0. The molecule has 3 N–H and O–H groups in total. The average molecular weight is 257 g/mol. The molecule has 0 aliphatic rings. The molecular weight excluding hydrogens is 238 g/mol. The molecule has 19 heavy (non-hydrogen) atoms. The number of hydrogen-bond donors (Lipinski definition) is 2. The molecule has 0 radical (unpaired) electrons. The van der Waals surface area contributed by atoms with Gasteiger partial charge in [-0.2, -0.15) is 0 Å². The second kappa shape index (κ2) is 6.25. The van der Waals surface area contributed by atoms with Crippen molar-refractivity contribution < 1.29 is 9.84 Å². The van der Waals surface area contributed by atoms with Gasteiger partial charge in [0.05, 0.1) is 0 Å². The highest BCUT2D eigenvalue weighted by atomic mass is 16.5. The number of aliphatic hydroxyl groups is 1. The lowest BCUT2D eigenvalue weighted by atomic mass is 10.1. The molecule has 2 aromatic rings. The number of aliphatic hydroxyl groups excluding tert-OH is 1. The van der Waals surface area contributed by atoms with Crippen LogP contribution in [0.4, 0.5) is 5.69 Å². The van der Waals surface area contributed by atoms with E-state index in [0.717, 1.165) is 28.1 Å². The second-order valence-corrected chi connectivity index (χ2v) is 4.54. The molecule has 2 rings (SSSR count). The van der Waals surface area contributed by atoms with Crippen LogP contribution in [0.3, 0.4) is 0 Å². The summed E-state index contributed by atoms with van der Waals surface area (Å²) in [6.45, 7) is 2.68. The van der Waals surface area contributed by atoms with Crippen molar-refractivity contribution in [3.05, 3.63) is 59.2 Å². The van der Waals surface area contributed by atoms with Crippen molar-refractivity contribution in [2.24, 2.45) is 0 Å². The van der Waals surface area contributed by atoms with Gasteiger partial charge < -0.3 is 15.6 Å². The Morgan fingerprint density at radius 3 is 2.53 bits per heavy atom. The lowest BCUT2D eigenvalue weighted by molar-refractivity contribution is 0.298. The standard InChI is InChI=1S/C16H19NO2/c1-12-14(3-2-4-16(12)17)11-19-15-7-5-13(6-8-15)9-10-18/h2-8,18H,9-11,17H2,1H3. The highest BCUT2D eigenvalue weighted by Gasteiger charge is 2.02. The van der Waals surface area contributed by atoms with Crippen LogP contribution in [-0.2, 0) is 13.0 Å². The molecule has 0 heterocycles. The highest BCUT2D eigenvalue weighted by molar-refractivity contribution is 5.49. The number of rotatable bonds is 5. The van der Waals surface area contributed by atoms with Gasteiger partial charge in [0.25, 0.3) is 0 Å². The summed E-state index contributed by atoms with van der Waals surface area (Å²) in [6, 6.07) is 13.6. The first-order valence-electron chi connectivity index (χ1n) is 6.37. The maximum absolute atomic E-state index is 8.85. The number of nitrogens with two attached hydrogens (primary N) is 1. The van der Waals surface area contributed by atoms with Crippen LogP contribution in [0.25, 0.3) is 0 Å². The SMILES string of the molecule is Cc1c(N)cccc1COc1ccc(CCO)cc1. The van der Waals surface area contributed by atoms with Gasteiger partial charge in [0.1, 0.15) is 12.4 Å². The number of anilines is 1. The van der Waals surface area contributed by atoms with Gasteiger partial charge in [-0.25, -0.2) is 0 Å². The van der Waals surface area contributed by atoms with E-state index in [9.17, 15) is 0 Å². The van der Waals surface area contributed by atoms with Crippen LogP contribution < -0.4 is 10.5 Å². The third kappa shape index (κ3) is 3.48. The number of hydrogen-bond acceptors (Lipinski definition) is 3.